The molecular formula is C14H23N5. The average Bonchev–Trinajstić information content (AvgIpc) is 2.95. The lowest BCUT2D eigenvalue weighted by molar-refractivity contribution is 0.434. The summed E-state index contributed by atoms with van der Waals surface area (Å²) in [5, 5.41) is 12.2. The summed E-state index contributed by atoms with van der Waals surface area (Å²) in [6, 6.07) is 4.50. The van der Waals surface area contributed by atoms with Gasteiger partial charge < -0.3 is 5.32 Å². The van der Waals surface area contributed by atoms with Crippen LogP contribution in [0.15, 0.2) is 24.5 Å². The van der Waals surface area contributed by atoms with Crippen LogP contribution in [0.25, 0.3) is 0 Å². The van der Waals surface area contributed by atoms with Crippen molar-refractivity contribution in [3.8, 4) is 0 Å². The lowest BCUT2D eigenvalue weighted by atomic mass is 10.3. The molecule has 0 saturated heterocycles. The Bertz CT molecular complexity index is 486. The molecule has 2 aromatic heterocycles. The molecule has 0 amide bonds. The molecule has 19 heavy (non-hydrogen) atoms. The molecule has 5 heteroatoms. The smallest absolute Gasteiger partial charge is 0.0596 e. The molecule has 0 fully saturated rings. The van der Waals surface area contributed by atoms with E-state index in [1.165, 1.54) is 5.69 Å². The highest BCUT2D eigenvalue weighted by molar-refractivity contribution is 5.06. The third-order valence-electron chi connectivity index (χ3n) is 3.16. The Hall–Kier alpha value is -1.62. The topological polar surface area (TPSA) is 47.7 Å². The Kier molecular flexibility index (Phi) is 4.74. The maximum absolute atomic E-state index is 4.46. The number of nitrogens with zero attached hydrogens (tertiary/aromatic N) is 4. The molecule has 0 saturated carbocycles. The first-order chi connectivity index (χ1) is 9.15. The van der Waals surface area contributed by atoms with Gasteiger partial charge in [0.15, 0.2) is 0 Å². The zero-order valence-corrected chi connectivity index (χ0v) is 12.0. The summed E-state index contributed by atoms with van der Waals surface area (Å²) in [4.78, 5) is 0. The van der Waals surface area contributed by atoms with E-state index in [0.717, 1.165) is 31.7 Å². The van der Waals surface area contributed by atoms with Crippen LogP contribution in [0.3, 0.4) is 0 Å². The summed E-state index contributed by atoms with van der Waals surface area (Å²) in [5.74, 6) is 0. The van der Waals surface area contributed by atoms with E-state index >= 15 is 0 Å². The van der Waals surface area contributed by atoms with Crippen LogP contribution in [-0.4, -0.2) is 32.1 Å². The van der Waals surface area contributed by atoms with Crippen molar-refractivity contribution in [1.82, 2.24) is 24.9 Å². The number of rotatable bonds is 7. The highest BCUT2D eigenvalue weighted by Gasteiger charge is 2.03. The molecule has 0 aromatic carbocycles. The lowest BCUT2D eigenvalue weighted by Gasteiger charge is -2.14. The van der Waals surface area contributed by atoms with Crippen LogP contribution < -0.4 is 5.32 Å². The van der Waals surface area contributed by atoms with Gasteiger partial charge in [-0.2, -0.15) is 10.2 Å². The minimum absolute atomic E-state index is 0.431. The summed E-state index contributed by atoms with van der Waals surface area (Å²) < 4.78 is 4.04. The van der Waals surface area contributed by atoms with Gasteiger partial charge in [0.05, 0.1) is 12.2 Å². The second-order valence-corrected chi connectivity index (χ2v) is 5.09. The van der Waals surface area contributed by atoms with Crippen molar-refractivity contribution in [1.29, 1.82) is 0 Å². The maximum atomic E-state index is 4.46. The first-order valence-electron chi connectivity index (χ1n) is 6.87. The Balaban J connectivity index is 1.65. The molecule has 5 nitrogen and oxygen atoms in total. The highest BCUT2D eigenvalue weighted by Crippen LogP contribution is 2.02. The van der Waals surface area contributed by atoms with E-state index < -0.39 is 0 Å². The molecule has 0 bridgehead atoms. The van der Waals surface area contributed by atoms with Crippen LogP contribution in [-0.2, 0) is 13.1 Å². The van der Waals surface area contributed by atoms with Crippen LogP contribution in [0.1, 0.15) is 24.7 Å². The van der Waals surface area contributed by atoms with Crippen LogP contribution in [0.5, 0.6) is 0 Å². The third-order valence-corrected chi connectivity index (χ3v) is 3.16. The zero-order chi connectivity index (χ0) is 13.7. The van der Waals surface area contributed by atoms with Crippen molar-refractivity contribution in [2.75, 3.05) is 6.54 Å². The largest absolute Gasteiger partial charge is 0.312 e. The van der Waals surface area contributed by atoms with E-state index in [1.807, 2.05) is 30.1 Å². The second kappa shape index (κ2) is 6.52. The molecule has 1 unspecified atom stereocenters. The number of hydrogen-bond acceptors (Lipinski definition) is 3. The summed E-state index contributed by atoms with van der Waals surface area (Å²) >= 11 is 0. The minimum atomic E-state index is 0.431. The normalized spacial score (nSPS) is 12.8. The van der Waals surface area contributed by atoms with Gasteiger partial charge in [0.2, 0.25) is 0 Å². The van der Waals surface area contributed by atoms with Gasteiger partial charge in [0, 0.05) is 30.7 Å². The standard InChI is InChI=1S/C14H23N5/c1-12-10-14(3)19(17-12)9-4-6-15-13(2)11-18-8-5-7-16-18/h5,7-8,10,13,15H,4,6,9,11H2,1-3H3. The van der Waals surface area contributed by atoms with E-state index in [-0.39, 0.29) is 0 Å². The summed E-state index contributed by atoms with van der Waals surface area (Å²) in [7, 11) is 0. The Morgan fingerprint density at radius 2 is 2.21 bits per heavy atom. The molecule has 1 N–H and O–H groups in total. The molecule has 104 valence electrons. The number of nitrogens with one attached hydrogen (secondary N) is 1. The Morgan fingerprint density at radius 1 is 1.37 bits per heavy atom. The van der Waals surface area contributed by atoms with Gasteiger partial charge in [-0.15, -0.1) is 0 Å². The van der Waals surface area contributed by atoms with Gasteiger partial charge in [-0.1, -0.05) is 0 Å². The first-order valence-corrected chi connectivity index (χ1v) is 6.87. The van der Waals surface area contributed by atoms with Gasteiger partial charge in [-0.25, -0.2) is 0 Å². The van der Waals surface area contributed by atoms with Crippen molar-refractivity contribution in [2.45, 2.75) is 46.3 Å². The van der Waals surface area contributed by atoms with E-state index in [9.17, 15) is 0 Å². The molecular weight excluding hydrogens is 238 g/mol. The quantitative estimate of drug-likeness (QED) is 0.773. The third kappa shape index (κ3) is 4.21. The SMILES string of the molecule is Cc1cc(C)n(CCCNC(C)Cn2cccn2)n1. The highest BCUT2D eigenvalue weighted by atomic mass is 15.3. The molecule has 2 rings (SSSR count). The van der Waals surface area contributed by atoms with Gasteiger partial charge in [-0.3, -0.25) is 9.36 Å². The van der Waals surface area contributed by atoms with Crippen molar-refractivity contribution >= 4 is 0 Å². The molecule has 1 atom stereocenters. The van der Waals surface area contributed by atoms with Gasteiger partial charge in [0.25, 0.3) is 0 Å². The minimum Gasteiger partial charge on any atom is -0.312 e. The van der Waals surface area contributed by atoms with Crippen molar-refractivity contribution in [2.24, 2.45) is 0 Å². The Labute approximate surface area is 114 Å². The molecule has 0 aliphatic rings. The maximum Gasteiger partial charge on any atom is 0.0596 e. The monoisotopic (exact) mass is 261 g/mol. The van der Waals surface area contributed by atoms with Crippen molar-refractivity contribution < 1.29 is 0 Å². The second-order valence-electron chi connectivity index (χ2n) is 5.09. The number of aryl methyl sites for hydroxylation is 3. The summed E-state index contributed by atoms with van der Waals surface area (Å²) in [6.07, 6.45) is 4.90. The van der Waals surface area contributed by atoms with Crippen molar-refractivity contribution in [3.05, 3.63) is 35.9 Å². The predicted octanol–water partition coefficient (Wildman–Crippen LogP) is 1.76. The molecule has 2 heterocycles. The van der Waals surface area contributed by atoms with Gasteiger partial charge in [-0.05, 0) is 45.9 Å². The molecule has 0 spiro atoms. The van der Waals surface area contributed by atoms with Crippen LogP contribution >= 0.6 is 0 Å². The van der Waals surface area contributed by atoms with Crippen molar-refractivity contribution in [3.63, 3.8) is 0 Å². The molecule has 2 aromatic rings. The Morgan fingerprint density at radius 3 is 2.84 bits per heavy atom. The van der Waals surface area contributed by atoms with Crippen LogP contribution in [0.2, 0.25) is 0 Å². The van der Waals surface area contributed by atoms with E-state index in [1.54, 1.807) is 0 Å². The number of aromatic nitrogens is 4. The van der Waals surface area contributed by atoms with Crippen LogP contribution in [0, 0.1) is 13.8 Å². The average molecular weight is 261 g/mol. The van der Waals surface area contributed by atoms with Crippen LogP contribution in [0.4, 0.5) is 0 Å². The zero-order valence-electron chi connectivity index (χ0n) is 12.0. The molecule has 0 aliphatic heterocycles. The van der Waals surface area contributed by atoms with E-state index in [2.05, 4.69) is 40.1 Å². The first kappa shape index (κ1) is 13.8. The van der Waals surface area contributed by atoms with Gasteiger partial charge in [0.1, 0.15) is 0 Å². The van der Waals surface area contributed by atoms with Gasteiger partial charge >= 0.3 is 0 Å². The number of hydrogen-bond donors (Lipinski definition) is 1. The summed E-state index contributed by atoms with van der Waals surface area (Å²) in [5.41, 5.74) is 2.33. The summed E-state index contributed by atoms with van der Waals surface area (Å²) in [6.45, 7) is 9.21. The molecule has 0 aliphatic carbocycles. The fraction of sp³-hybridized carbons (Fsp3) is 0.571. The predicted molar refractivity (Wildman–Crippen MR) is 76.0 cm³/mol. The fourth-order valence-electron chi connectivity index (χ4n) is 2.23. The molecule has 0 radical (unpaired) electrons. The van der Waals surface area contributed by atoms with E-state index in [4.69, 9.17) is 0 Å². The lowest BCUT2D eigenvalue weighted by Crippen LogP contribution is -2.31. The fourth-order valence-corrected chi connectivity index (χ4v) is 2.23. The van der Waals surface area contributed by atoms with E-state index in [0.29, 0.717) is 6.04 Å².